The third kappa shape index (κ3) is 2.31. The standard InChI is InChI=1S/C15H14BrN3O2/c1-20-9-3-5-11(16)13(7-9)19-14-8-10(21-2)4-6-12(14)18-15(19)17/h3-8H,1-2H3,(H2,17,18). The van der Waals surface area contributed by atoms with Crippen LogP contribution in [0.5, 0.6) is 11.5 Å². The van der Waals surface area contributed by atoms with Crippen LogP contribution in [0.1, 0.15) is 0 Å². The predicted octanol–water partition coefficient (Wildman–Crippen LogP) is 3.39. The molecule has 21 heavy (non-hydrogen) atoms. The summed E-state index contributed by atoms with van der Waals surface area (Å²) in [4.78, 5) is 4.39. The van der Waals surface area contributed by atoms with Crippen LogP contribution >= 0.6 is 15.9 Å². The van der Waals surface area contributed by atoms with Gasteiger partial charge in [0.1, 0.15) is 11.5 Å². The molecule has 0 saturated heterocycles. The smallest absolute Gasteiger partial charge is 0.205 e. The Bertz CT molecular complexity index is 814. The van der Waals surface area contributed by atoms with Gasteiger partial charge in [0.15, 0.2) is 0 Å². The highest BCUT2D eigenvalue weighted by atomic mass is 79.9. The Balaban J connectivity index is 2.31. The molecule has 6 heteroatoms. The van der Waals surface area contributed by atoms with Gasteiger partial charge >= 0.3 is 0 Å². The zero-order valence-electron chi connectivity index (χ0n) is 11.6. The van der Waals surface area contributed by atoms with Gasteiger partial charge in [0.2, 0.25) is 5.95 Å². The van der Waals surface area contributed by atoms with Gasteiger partial charge in [0.05, 0.1) is 30.9 Å². The van der Waals surface area contributed by atoms with E-state index in [4.69, 9.17) is 15.2 Å². The molecule has 2 aromatic carbocycles. The first-order chi connectivity index (χ1) is 10.1. The summed E-state index contributed by atoms with van der Waals surface area (Å²) in [5.41, 5.74) is 8.63. The van der Waals surface area contributed by atoms with Gasteiger partial charge in [0.25, 0.3) is 0 Å². The highest BCUT2D eigenvalue weighted by Gasteiger charge is 2.14. The lowest BCUT2D eigenvalue weighted by Crippen LogP contribution is -2.02. The van der Waals surface area contributed by atoms with Crippen LogP contribution in [0.15, 0.2) is 40.9 Å². The molecular formula is C15H14BrN3O2. The zero-order valence-corrected chi connectivity index (χ0v) is 13.2. The fraction of sp³-hybridized carbons (Fsp3) is 0.133. The normalized spacial score (nSPS) is 10.8. The average Bonchev–Trinajstić information content (AvgIpc) is 2.82. The van der Waals surface area contributed by atoms with Crippen molar-refractivity contribution in [2.24, 2.45) is 0 Å². The van der Waals surface area contributed by atoms with Crippen LogP contribution in [0.25, 0.3) is 16.7 Å². The number of ether oxygens (including phenoxy) is 2. The number of nitrogen functional groups attached to an aromatic ring is 1. The number of methoxy groups -OCH3 is 2. The molecule has 3 aromatic rings. The quantitative estimate of drug-likeness (QED) is 0.788. The Morgan fingerprint density at radius 3 is 2.43 bits per heavy atom. The van der Waals surface area contributed by atoms with E-state index in [1.807, 2.05) is 41.0 Å². The second kappa shape index (κ2) is 5.29. The van der Waals surface area contributed by atoms with Crippen LogP contribution in [-0.2, 0) is 0 Å². The largest absolute Gasteiger partial charge is 0.497 e. The summed E-state index contributed by atoms with van der Waals surface area (Å²) in [6.07, 6.45) is 0. The number of aromatic nitrogens is 2. The molecule has 0 spiro atoms. The van der Waals surface area contributed by atoms with Gasteiger partial charge < -0.3 is 15.2 Å². The number of benzene rings is 2. The topological polar surface area (TPSA) is 62.3 Å². The van der Waals surface area contributed by atoms with E-state index in [1.54, 1.807) is 14.2 Å². The average molecular weight is 348 g/mol. The summed E-state index contributed by atoms with van der Waals surface area (Å²) in [7, 11) is 3.26. The van der Waals surface area contributed by atoms with Crippen molar-refractivity contribution in [2.45, 2.75) is 0 Å². The first-order valence-corrected chi connectivity index (χ1v) is 7.09. The number of imidazole rings is 1. The van der Waals surface area contributed by atoms with Gasteiger partial charge in [0, 0.05) is 16.6 Å². The minimum Gasteiger partial charge on any atom is -0.497 e. The summed E-state index contributed by atoms with van der Waals surface area (Å²) < 4.78 is 13.3. The van der Waals surface area contributed by atoms with E-state index in [9.17, 15) is 0 Å². The Morgan fingerprint density at radius 2 is 1.71 bits per heavy atom. The molecule has 0 atom stereocenters. The molecule has 1 aromatic heterocycles. The molecule has 3 rings (SSSR count). The second-order valence-electron chi connectivity index (χ2n) is 4.48. The lowest BCUT2D eigenvalue weighted by molar-refractivity contribution is 0.414. The van der Waals surface area contributed by atoms with Crippen LogP contribution in [-0.4, -0.2) is 23.8 Å². The van der Waals surface area contributed by atoms with Crippen molar-refractivity contribution in [1.29, 1.82) is 0 Å². The first kappa shape index (κ1) is 13.8. The van der Waals surface area contributed by atoms with Crippen LogP contribution < -0.4 is 15.2 Å². The number of fused-ring (bicyclic) bond motifs is 1. The maximum Gasteiger partial charge on any atom is 0.205 e. The molecule has 0 aliphatic heterocycles. The first-order valence-electron chi connectivity index (χ1n) is 6.30. The van der Waals surface area contributed by atoms with E-state index in [-0.39, 0.29) is 0 Å². The number of anilines is 1. The molecule has 0 unspecified atom stereocenters. The minimum atomic E-state index is 0.409. The molecule has 0 bridgehead atoms. The van der Waals surface area contributed by atoms with Crippen molar-refractivity contribution in [3.8, 4) is 17.2 Å². The monoisotopic (exact) mass is 347 g/mol. The molecule has 0 fully saturated rings. The van der Waals surface area contributed by atoms with Crippen LogP contribution in [0, 0.1) is 0 Å². The van der Waals surface area contributed by atoms with Crippen molar-refractivity contribution >= 4 is 32.9 Å². The van der Waals surface area contributed by atoms with Gasteiger partial charge in [-0.1, -0.05) is 0 Å². The van der Waals surface area contributed by atoms with Crippen LogP contribution in [0.3, 0.4) is 0 Å². The predicted molar refractivity (Wildman–Crippen MR) is 86.3 cm³/mol. The summed E-state index contributed by atoms with van der Waals surface area (Å²) >= 11 is 3.55. The molecule has 0 aliphatic carbocycles. The summed E-state index contributed by atoms with van der Waals surface area (Å²) in [5.74, 6) is 1.91. The van der Waals surface area contributed by atoms with Gasteiger partial charge in [-0.3, -0.25) is 4.57 Å². The fourth-order valence-corrected chi connectivity index (χ4v) is 2.67. The number of halogens is 1. The maximum absolute atomic E-state index is 6.09. The fourth-order valence-electron chi connectivity index (χ4n) is 2.24. The molecule has 0 amide bonds. The van der Waals surface area contributed by atoms with E-state index < -0.39 is 0 Å². The minimum absolute atomic E-state index is 0.409. The third-order valence-electron chi connectivity index (χ3n) is 3.28. The summed E-state index contributed by atoms with van der Waals surface area (Å²) in [5, 5.41) is 0. The Labute approximate surface area is 130 Å². The number of rotatable bonds is 3. The molecule has 0 radical (unpaired) electrons. The number of hydrogen-bond acceptors (Lipinski definition) is 4. The maximum atomic E-state index is 6.09. The highest BCUT2D eigenvalue weighted by Crippen LogP contribution is 2.32. The lowest BCUT2D eigenvalue weighted by atomic mass is 10.2. The van der Waals surface area contributed by atoms with E-state index in [1.165, 1.54) is 0 Å². The van der Waals surface area contributed by atoms with E-state index in [0.29, 0.717) is 5.95 Å². The molecule has 1 heterocycles. The summed E-state index contributed by atoms with van der Waals surface area (Å²) in [6, 6.07) is 11.4. The molecule has 108 valence electrons. The van der Waals surface area contributed by atoms with Gasteiger partial charge in [-0.15, -0.1) is 0 Å². The Morgan fingerprint density at radius 1 is 1.05 bits per heavy atom. The molecular weight excluding hydrogens is 334 g/mol. The third-order valence-corrected chi connectivity index (χ3v) is 3.95. The SMILES string of the molecule is COc1ccc(Br)c(-n2c(N)nc3ccc(OC)cc32)c1. The van der Waals surface area contributed by atoms with Gasteiger partial charge in [-0.2, -0.15) is 0 Å². The van der Waals surface area contributed by atoms with Gasteiger partial charge in [-0.05, 0) is 40.2 Å². The van der Waals surface area contributed by atoms with Crippen LogP contribution in [0.2, 0.25) is 0 Å². The zero-order chi connectivity index (χ0) is 15.0. The Hall–Kier alpha value is -2.21. The van der Waals surface area contributed by atoms with Crippen molar-refractivity contribution in [3.63, 3.8) is 0 Å². The van der Waals surface area contributed by atoms with Crippen LogP contribution in [0.4, 0.5) is 5.95 Å². The van der Waals surface area contributed by atoms with Crippen molar-refractivity contribution in [3.05, 3.63) is 40.9 Å². The lowest BCUT2D eigenvalue weighted by Gasteiger charge is -2.11. The summed E-state index contributed by atoms with van der Waals surface area (Å²) in [6.45, 7) is 0. The van der Waals surface area contributed by atoms with Crippen molar-refractivity contribution in [2.75, 3.05) is 20.0 Å². The van der Waals surface area contributed by atoms with E-state index in [0.717, 1.165) is 32.7 Å². The Kier molecular flexibility index (Phi) is 3.47. The number of nitrogens with zero attached hydrogens (tertiary/aromatic N) is 2. The molecule has 5 nitrogen and oxygen atoms in total. The number of hydrogen-bond donors (Lipinski definition) is 1. The van der Waals surface area contributed by atoms with E-state index >= 15 is 0 Å². The van der Waals surface area contributed by atoms with Gasteiger partial charge in [-0.25, -0.2) is 4.98 Å². The van der Waals surface area contributed by atoms with Crippen molar-refractivity contribution in [1.82, 2.24) is 9.55 Å². The molecule has 0 saturated carbocycles. The number of nitrogens with two attached hydrogens (primary N) is 1. The highest BCUT2D eigenvalue weighted by molar-refractivity contribution is 9.10. The van der Waals surface area contributed by atoms with Crippen molar-refractivity contribution < 1.29 is 9.47 Å². The molecule has 0 aliphatic rings. The van der Waals surface area contributed by atoms with E-state index in [2.05, 4.69) is 20.9 Å². The second-order valence-corrected chi connectivity index (χ2v) is 5.33. The molecule has 2 N–H and O–H groups in total.